The highest BCUT2D eigenvalue weighted by Crippen LogP contribution is 2.13. The second kappa shape index (κ2) is 12.2. The highest BCUT2D eigenvalue weighted by Gasteiger charge is 2.03. The molecule has 0 unspecified atom stereocenters. The van der Waals surface area contributed by atoms with Crippen molar-refractivity contribution in [2.75, 3.05) is 40.5 Å². The van der Waals surface area contributed by atoms with E-state index >= 15 is 0 Å². The average Bonchev–Trinajstić information content (AvgIpc) is 2.60. The monoisotopic (exact) mass is 336 g/mol. The standard InChI is InChI=1S/C17H28N4O3/c1-4-19-16(22)13-24-15-8-5-7-14(11-15)12-21-17(18-2)20-9-6-10-23-3/h5,7-8,11H,4,6,9-10,12-13H2,1-3H3,(H,19,22)(H2,18,20,21). The lowest BCUT2D eigenvalue weighted by molar-refractivity contribution is -0.122. The van der Waals surface area contributed by atoms with Crippen molar-refractivity contribution < 1.29 is 14.3 Å². The Balaban J connectivity index is 2.41. The SMILES string of the molecule is CCNC(=O)COc1cccc(CNC(=NC)NCCCOC)c1. The Bertz CT molecular complexity index is 520. The minimum atomic E-state index is -0.123. The van der Waals surface area contributed by atoms with Gasteiger partial charge in [0.2, 0.25) is 0 Å². The van der Waals surface area contributed by atoms with Gasteiger partial charge in [0.05, 0.1) is 0 Å². The molecule has 7 nitrogen and oxygen atoms in total. The number of ether oxygens (including phenoxy) is 2. The normalized spacial score (nSPS) is 11.0. The van der Waals surface area contributed by atoms with Gasteiger partial charge in [-0.3, -0.25) is 9.79 Å². The Morgan fingerprint density at radius 2 is 2.08 bits per heavy atom. The summed E-state index contributed by atoms with van der Waals surface area (Å²) in [6.07, 6.45) is 0.917. The maximum Gasteiger partial charge on any atom is 0.257 e. The van der Waals surface area contributed by atoms with E-state index in [9.17, 15) is 4.79 Å². The number of likely N-dealkylation sites (N-methyl/N-ethyl adjacent to an activating group) is 1. The Morgan fingerprint density at radius 1 is 1.25 bits per heavy atom. The van der Waals surface area contributed by atoms with Crippen LogP contribution in [0.2, 0.25) is 0 Å². The first-order chi connectivity index (χ1) is 11.7. The van der Waals surface area contributed by atoms with E-state index in [0.29, 0.717) is 18.8 Å². The van der Waals surface area contributed by atoms with E-state index in [-0.39, 0.29) is 12.5 Å². The number of methoxy groups -OCH3 is 1. The minimum Gasteiger partial charge on any atom is -0.484 e. The third-order valence-corrected chi connectivity index (χ3v) is 3.14. The van der Waals surface area contributed by atoms with Gasteiger partial charge in [0.15, 0.2) is 12.6 Å². The topological polar surface area (TPSA) is 84.0 Å². The Labute approximate surface area is 143 Å². The summed E-state index contributed by atoms with van der Waals surface area (Å²) in [4.78, 5) is 15.6. The lowest BCUT2D eigenvalue weighted by Crippen LogP contribution is -2.37. The molecule has 1 amide bonds. The molecule has 0 aliphatic rings. The minimum absolute atomic E-state index is 0.0213. The smallest absolute Gasteiger partial charge is 0.257 e. The van der Waals surface area contributed by atoms with Crippen molar-refractivity contribution in [2.24, 2.45) is 4.99 Å². The maximum atomic E-state index is 11.4. The highest BCUT2D eigenvalue weighted by molar-refractivity contribution is 5.79. The van der Waals surface area contributed by atoms with Crippen LogP contribution in [0.4, 0.5) is 0 Å². The fraction of sp³-hybridized carbons (Fsp3) is 0.529. The number of carbonyl (C=O) groups excluding carboxylic acids is 1. The zero-order valence-electron chi connectivity index (χ0n) is 14.7. The number of carbonyl (C=O) groups is 1. The summed E-state index contributed by atoms with van der Waals surface area (Å²) in [5.74, 6) is 1.28. The molecule has 1 aromatic rings. The van der Waals surface area contributed by atoms with Gasteiger partial charge in [-0.25, -0.2) is 0 Å². The molecule has 0 fully saturated rings. The zero-order valence-corrected chi connectivity index (χ0v) is 14.7. The summed E-state index contributed by atoms with van der Waals surface area (Å²) in [6, 6.07) is 7.63. The van der Waals surface area contributed by atoms with Crippen molar-refractivity contribution in [3.63, 3.8) is 0 Å². The summed E-state index contributed by atoms with van der Waals surface area (Å²) in [5.41, 5.74) is 1.04. The zero-order chi connectivity index (χ0) is 17.6. The van der Waals surface area contributed by atoms with Gasteiger partial charge in [-0.1, -0.05) is 12.1 Å². The molecule has 24 heavy (non-hydrogen) atoms. The summed E-state index contributed by atoms with van der Waals surface area (Å²) < 4.78 is 10.5. The largest absolute Gasteiger partial charge is 0.484 e. The molecule has 0 saturated carbocycles. The molecule has 1 aromatic carbocycles. The van der Waals surface area contributed by atoms with Crippen LogP contribution in [-0.4, -0.2) is 52.3 Å². The number of benzene rings is 1. The Kier molecular flexibility index (Phi) is 10.0. The van der Waals surface area contributed by atoms with Gasteiger partial charge >= 0.3 is 0 Å². The van der Waals surface area contributed by atoms with Crippen molar-refractivity contribution in [3.8, 4) is 5.75 Å². The second-order valence-corrected chi connectivity index (χ2v) is 5.09. The fourth-order valence-corrected chi connectivity index (χ4v) is 1.97. The molecule has 0 saturated heterocycles. The summed E-state index contributed by atoms with van der Waals surface area (Å²) in [6.45, 7) is 4.62. The number of rotatable bonds is 10. The van der Waals surface area contributed by atoms with E-state index in [1.165, 1.54) is 0 Å². The number of hydrogen-bond acceptors (Lipinski definition) is 4. The van der Waals surface area contributed by atoms with Crippen LogP contribution in [-0.2, 0) is 16.1 Å². The van der Waals surface area contributed by atoms with E-state index in [0.717, 1.165) is 31.1 Å². The molecule has 0 aliphatic carbocycles. The van der Waals surface area contributed by atoms with Gasteiger partial charge in [0, 0.05) is 40.4 Å². The van der Waals surface area contributed by atoms with Crippen LogP contribution in [0, 0.1) is 0 Å². The molecule has 0 bridgehead atoms. The highest BCUT2D eigenvalue weighted by atomic mass is 16.5. The number of aliphatic imine (C=N–C) groups is 1. The summed E-state index contributed by atoms with van der Waals surface area (Å²) in [7, 11) is 3.42. The van der Waals surface area contributed by atoms with Crippen LogP contribution in [0.3, 0.4) is 0 Å². The van der Waals surface area contributed by atoms with Crippen molar-refractivity contribution in [1.82, 2.24) is 16.0 Å². The van der Waals surface area contributed by atoms with E-state index in [2.05, 4.69) is 20.9 Å². The van der Waals surface area contributed by atoms with Gasteiger partial charge < -0.3 is 25.4 Å². The first kappa shape index (κ1) is 19.8. The van der Waals surface area contributed by atoms with Gasteiger partial charge in [-0.2, -0.15) is 0 Å². The fourth-order valence-electron chi connectivity index (χ4n) is 1.97. The summed E-state index contributed by atoms with van der Waals surface area (Å²) >= 11 is 0. The Hall–Kier alpha value is -2.28. The van der Waals surface area contributed by atoms with Gasteiger partial charge in [-0.15, -0.1) is 0 Å². The molecular formula is C17H28N4O3. The molecule has 0 aromatic heterocycles. The quantitative estimate of drug-likeness (QED) is 0.336. The molecule has 7 heteroatoms. The number of amides is 1. The molecule has 0 spiro atoms. The molecule has 134 valence electrons. The van der Waals surface area contributed by atoms with Gasteiger partial charge in [-0.05, 0) is 31.0 Å². The lowest BCUT2D eigenvalue weighted by atomic mass is 10.2. The molecule has 3 N–H and O–H groups in total. The van der Waals surface area contributed by atoms with Crippen molar-refractivity contribution in [3.05, 3.63) is 29.8 Å². The van der Waals surface area contributed by atoms with Crippen LogP contribution < -0.4 is 20.7 Å². The molecule has 0 atom stereocenters. The van der Waals surface area contributed by atoms with Gasteiger partial charge in [0.1, 0.15) is 5.75 Å². The first-order valence-electron chi connectivity index (χ1n) is 8.11. The average molecular weight is 336 g/mol. The second-order valence-electron chi connectivity index (χ2n) is 5.09. The number of nitrogens with one attached hydrogen (secondary N) is 3. The first-order valence-corrected chi connectivity index (χ1v) is 8.11. The maximum absolute atomic E-state index is 11.4. The van der Waals surface area contributed by atoms with Crippen LogP contribution in [0.15, 0.2) is 29.3 Å². The predicted octanol–water partition coefficient (Wildman–Crippen LogP) is 0.903. The molecule has 0 aliphatic heterocycles. The summed E-state index contributed by atoms with van der Waals surface area (Å²) in [5, 5.41) is 9.15. The van der Waals surface area contributed by atoms with Crippen molar-refractivity contribution in [1.29, 1.82) is 0 Å². The van der Waals surface area contributed by atoms with Gasteiger partial charge in [0.25, 0.3) is 5.91 Å². The van der Waals surface area contributed by atoms with E-state index in [4.69, 9.17) is 9.47 Å². The number of hydrogen-bond donors (Lipinski definition) is 3. The van der Waals surface area contributed by atoms with Crippen LogP contribution in [0.5, 0.6) is 5.75 Å². The van der Waals surface area contributed by atoms with E-state index in [1.54, 1.807) is 14.2 Å². The van der Waals surface area contributed by atoms with E-state index in [1.807, 2.05) is 31.2 Å². The predicted molar refractivity (Wildman–Crippen MR) is 95.3 cm³/mol. The Morgan fingerprint density at radius 3 is 2.79 bits per heavy atom. The molecular weight excluding hydrogens is 308 g/mol. The van der Waals surface area contributed by atoms with Crippen molar-refractivity contribution >= 4 is 11.9 Å². The third-order valence-electron chi connectivity index (χ3n) is 3.14. The molecule has 0 heterocycles. The van der Waals surface area contributed by atoms with Crippen molar-refractivity contribution in [2.45, 2.75) is 19.9 Å². The molecule has 1 rings (SSSR count). The van der Waals surface area contributed by atoms with E-state index < -0.39 is 0 Å². The lowest BCUT2D eigenvalue weighted by Gasteiger charge is -2.12. The number of guanidine groups is 1. The van der Waals surface area contributed by atoms with Crippen LogP contribution in [0.1, 0.15) is 18.9 Å². The van der Waals surface area contributed by atoms with Crippen LogP contribution >= 0.6 is 0 Å². The number of nitrogens with zero attached hydrogens (tertiary/aromatic N) is 1. The molecule has 0 radical (unpaired) electrons. The third kappa shape index (κ3) is 8.38. The van der Waals surface area contributed by atoms with Crippen LogP contribution in [0.25, 0.3) is 0 Å².